The van der Waals surface area contributed by atoms with Crippen molar-refractivity contribution in [1.82, 2.24) is 10.4 Å². The lowest BCUT2D eigenvalue weighted by molar-refractivity contribution is -0.118. The van der Waals surface area contributed by atoms with Gasteiger partial charge in [-0.3, -0.25) is 4.79 Å². The number of carbonyl (C=O) groups is 1. The number of benzene rings is 2. The molecule has 0 saturated carbocycles. The van der Waals surface area contributed by atoms with E-state index in [4.69, 9.17) is 4.74 Å². The van der Waals surface area contributed by atoms with Crippen molar-refractivity contribution in [2.24, 2.45) is 5.10 Å². The fraction of sp³-hybridized carbons (Fsp3) is 0.167. The molecule has 0 bridgehead atoms. The van der Waals surface area contributed by atoms with Crippen LogP contribution in [0.15, 0.2) is 45.8 Å². The second-order valence-corrected chi connectivity index (χ2v) is 8.73. The van der Waals surface area contributed by atoms with Gasteiger partial charge in [0.2, 0.25) is 0 Å². The first kappa shape index (κ1) is 19.9. The second-order valence-electron chi connectivity index (χ2n) is 5.31. The highest BCUT2D eigenvalue weighted by Crippen LogP contribution is 2.32. The summed E-state index contributed by atoms with van der Waals surface area (Å²) in [6.07, 6.45) is 1.52. The molecule has 2 N–H and O–H groups in total. The molecule has 0 aliphatic heterocycles. The Bertz CT molecular complexity index is 958. The molecule has 1 amide bonds. The van der Waals surface area contributed by atoms with Gasteiger partial charge in [-0.2, -0.15) is 5.10 Å². The zero-order valence-corrected chi connectivity index (χ0v) is 18.1. The number of rotatable bonds is 7. The molecular weight excluding hydrogens is 497 g/mol. The van der Waals surface area contributed by atoms with Gasteiger partial charge in [0.15, 0.2) is 15.8 Å². The van der Waals surface area contributed by atoms with E-state index in [1.54, 1.807) is 23.5 Å². The molecule has 0 atom stereocenters. The van der Waals surface area contributed by atoms with Crippen LogP contribution in [0.2, 0.25) is 0 Å². The van der Waals surface area contributed by atoms with Crippen LogP contribution in [0.4, 0.5) is 0 Å². The minimum Gasteiger partial charge on any atom is -0.504 e. The molecule has 9 heteroatoms. The fourth-order valence-electron chi connectivity index (χ4n) is 2.19. The first-order chi connectivity index (χ1) is 13.1. The predicted molar refractivity (Wildman–Crippen MR) is 118 cm³/mol. The van der Waals surface area contributed by atoms with E-state index in [0.29, 0.717) is 15.9 Å². The van der Waals surface area contributed by atoms with Crippen LogP contribution in [0.3, 0.4) is 0 Å². The number of aromatic hydroxyl groups is 1. The number of hydrogen-bond acceptors (Lipinski definition) is 7. The fourth-order valence-corrected chi connectivity index (χ4v) is 4.67. The van der Waals surface area contributed by atoms with Crippen LogP contribution in [0.25, 0.3) is 10.2 Å². The van der Waals surface area contributed by atoms with Gasteiger partial charge in [-0.25, -0.2) is 10.4 Å². The standard InChI is InChI=1S/C18H16IN3O3S2/c1-2-25-14-8-11(7-12(19)17(14)24)9-20-22-16(23)10-26-18-21-13-5-3-4-6-15(13)27-18/h3-9,24H,2,10H2,1H3,(H,22,23)/b20-9-. The van der Waals surface area contributed by atoms with Crippen molar-refractivity contribution in [2.75, 3.05) is 12.4 Å². The van der Waals surface area contributed by atoms with E-state index in [9.17, 15) is 9.90 Å². The zero-order valence-electron chi connectivity index (χ0n) is 14.3. The number of thioether (sulfide) groups is 1. The van der Waals surface area contributed by atoms with Gasteiger partial charge in [0.25, 0.3) is 5.91 Å². The summed E-state index contributed by atoms with van der Waals surface area (Å²) in [6, 6.07) is 11.3. The Morgan fingerprint density at radius 3 is 3.04 bits per heavy atom. The molecule has 2 aromatic carbocycles. The number of nitrogens with zero attached hydrogens (tertiary/aromatic N) is 2. The van der Waals surface area contributed by atoms with E-state index in [2.05, 4.69) is 15.5 Å². The van der Waals surface area contributed by atoms with E-state index in [-0.39, 0.29) is 17.4 Å². The summed E-state index contributed by atoms with van der Waals surface area (Å²) in [6.45, 7) is 2.29. The molecule has 0 saturated heterocycles. The monoisotopic (exact) mass is 513 g/mol. The maximum atomic E-state index is 12.0. The van der Waals surface area contributed by atoms with Crippen molar-refractivity contribution in [3.05, 3.63) is 45.5 Å². The molecule has 0 unspecified atom stereocenters. The van der Waals surface area contributed by atoms with Crippen molar-refractivity contribution in [3.8, 4) is 11.5 Å². The summed E-state index contributed by atoms with van der Waals surface area (Å²) < 4.78 is 7.99. The molecule has 0 aliphatic rings. The Kier molecular flexibility index (Phi) is 6.91. The van der Waals surface area contributed by atoms with Crippen LogP contribution in [0.5, 0.6) is 11.5 Å². The summed E-state index contributed by atoms with van der Waals surface area (Å²) >= 11 is 4.96. The van der Waals surface area contributed by atoms with Crippen LogP contribution < -0.4 is 10.2 Å². The molecular formula is C18H16IN3O3S2. The number of phenolic OH excluding ortho intramolecular Hbond substituents is 1. The highest BCUT2D eigenvalue weighted by Gasteiger charge is 2.09. The van der Waals surface area contributed by atoms with Gasteiger partial charge in [-0.1, -0.05) is 23.9 Å². The summed E-state index contributed by atoms with van der Waals surface area (Å²) in [5.41, 5.74) is 4.16. The van der Waals surface area contributed by atoms with E-state index in [0.717, 1.165) is 20.1 Å². The van der Waals surface area contributed by atoms with Crippen LogP contribution in [0.1, 0.15) is 12.5 Å². The Morgan fingerprint density at radius 2 is 2.26 bits per heavy atom. The van der Waals surface area contributed by atoms with E-state index in [1.165, 1.54) is 18.0 Å². The molecule has 140 valence electrons. The zero-order chi connectivity index (χ0) is 19.2. The van der Waals surface area contributed by atoms with Crippen molar-refractivity contribution >= 4 is 68.0 Å². The van der Waals surface area contributed by atoms with Gasteiger partial charge in [-0.15, -0.1) is 11.3 Å². The minimum absolute atomic E-state index is 0.103. The van der Waals surface area contributed by atoms with Crippen LogP contribution >= 0.6 is 45.7 Å². The topological polar surface area (TPSA) is 83.8 Å². The number of ether oxygens (including phenoxy) is 1. The second kappa shape index (κ2) is 9.38. The summed E-state index contributed by atoms with van der Waals surface area (Å²) in [4.78, 5) is 16.5. The number of phenols is 1. The van der Waals surface area contributed by atoms with Crippen LogP contribution in [-0.2, 0) is 4.79 Å². The van der Waals surface area contributed by atoms with Gasteiger partial charge < -0.3 is 9.84 Å². The number of aromatic nitrogens is 1. The molecule has 3 aromatic rings. The van der Waals surface area contributed by atoms with Crippen molar-refractivity contribution in [1.29, 1.82) is 0 Å². The number of halogens is 1. The Labute approximate surface area is 178 Å². The first-order valence-electron chi connectivity index (χ1n) is 8.02. The molecule has 3 rings (SSSR count). The Morgan fingerprint density at radius 1 is 1.44 bits per heavy atom. The van der Waals surface area contributed by atoms with Gasteiger partial charge in [0.1, 0.15) is 0 Å². The molecule has 1 heterocycles. The SMILES string of the molecule is CCOc1cc(/C=N\NC(=O)CSc2nc3ccccc3s2)cc(I)c1O. The van der Waals surface area contributed by atoms with E-state index in [1.807, 2.05) is 53.8 Å². The smallest absolute Gasteiger partial charge is 0.250 e. The summed E-state index contributed by atoms with van der Waals surface area (Å²) in [5.74, 6) is 0.512. The average molecular weight is 513 g/mol. The van der Waals surface area contributed by atoms with Crippen LogP contribution in [0, 0.1) is 3.57 Å². The van der Waals surface area contributed by atoms with Crippen molar-refractivity contribution in [3.63, 3.8) is 0 Å². The average Bonchev–Trinajstić information content (AvgIpc) is 3.07. The number of hydrazone groups is 1. The number of nitrogens with one attached hydrogen (secondary N) is 1. The highest BCUT2D eigenvalue weighted by molar-refractivity contribution is 14.1. The highest BCUT2D eigenvalue weighted by atomic mass is 127. The Hall–Kier alpha value is -1.85. The summed E-state index contributed by atoms with van der Waals surface area (Å²) in [7, 11) is 0. The summed E-state index contributed by atoms with van der Waals surface area (Å²) in [5, 5.41) is 13.9. The maximum absolute atomic E-state index is 12.0. The molecule has 0 spiro atoms. The number of hydrogen-bond donors (Lipinski definition) is 2. The molecule has 0 fully saturated rings. The van der Waals surface area contributed by atoms with Crippen LogP contribution in [-0.4, -0.2) is 34.6 Å². The third kappa shape index (κ3) is 5.33. The largest absolute Gasteiger partial charge is 0.504 e. The lowest BCUT2D eigenvalue weighted by Gasteiger charge is -2.08. The Balaban J connectivity index is 1.55. The van der Waals surface area contributed by atoms with Gasteiger partial charge >= 0.3 is 0 Å². The maximum Gasteiger partial charge on any atom is 0.250 e. The van der Waals surface area contributed by atoms with Crippen molar-refractivity contribution in [2.45, 2.75) is 11.3 Å². The van der Waals surface area contributed by atoms with E-state index >= 15 is 0 Å². The third-order valence-electron chi connectivity index (χ3n) is 3.35. The first-order valence-corrected chi connectivity index (χ1v) is 10.9. The lowest BCUT2D eigenvalue weighted by Crippen LogP contribution is -2.19. The third-order valence-corrected chi connectivity index (χ3v) is 6.36. The van der Waals surface area contributed by atoms with Gasteiger partial charge in [0, 0.05) is 0 Å². The number of amides is 1. The molecule has 0 aliphatic carbocycles. The van der Waals surface area contributed by atoms with E-state index < -0.39 is 0 Å². The number of carbonyl (C=O) groups excluding carboxylic acids is 1. The number of fused-ring (bicyclic) bond motifs is 1. The lowest BCUT2D eigenvalue weighted by atomic mass is 10.2. The molecule has 6 nitrogen and oxygen atoms in total. The predicted octanol–water partition coefficient (Wildman–Crippen LogP) is 4.25. The number of para-hydroxylation sites is 1. The van der Waals surface area contributed by atoms with Gasteiger partial charge in [-0.05, 0) is 59.3 Å². The normalized spacial score (nSPS) is 11.2. The minimum atomic E-state index is -0.214. The molecule has 0 radical (unpaired) electrons. The molecule has 1 aromatic heterocycles. The molecule has 27 heavy (non-hydrogen) atoms. The quantitative estimate of drug-likeness (QED) is 0.214. The number of thiazole rings is 1. The van der Waals surface area contributed by atoms with Crippen molar-refractivity contribution < 1.29 is 14.6 Å². The van der Waals surface area contributed by atoms with Gasteiger partial charge in [0.05, 0.1) is 32.4 Å².